The Hall–Kier alpha value is -0.610. The lowest BCUT2D eigenvalue weighted by molar-refractivity contribution is -0.142. The van der Waals surface area contributed by atoms with Crippen LogP contribution in [0.5, 0.6) is 0 Å². The van der Waals surface area contributed by atoms with E-state index < -0.39 is 0 Å². The van der Waals surface area contributed by atoms with Gasteiger partial charge in [-0.1, -0.05) is 13.3 Å². The molecule has 0 aromatic heterocycles. The minimum Gasteiger partial charge on any atom is -0.375 e. The van der Waals surface area contributed by atoms with Gasteiger partial charge in [0.1, 0.15) is 6.61 Å². The fraction of sp³-hybridized carbons (Fsp3) is 0.900. The monoisotopic (exact) mass is 201 g/mol. The van der Waals surface area contributed by atoms with Crippen molar-refractivity contribution in [3.05, 3.63) is 0 Å². The van der Waals surface area contributed by atoms with E-state index in [1.54, 1.807) is 7.11 Å². The van der Waals surface area contributed by atoms with Gasteiger partial charge >= 0.3 is 0 Å². The summed E-state index contributed by atoms with van der Waals surface area (Å²) in [4.78, 5) is 13.3. The third kappa shape index (κ3) is 3.27. The highest BCUT2D eigenvalue weighted by atomic mass is 16.5. The van der Waals surface area contributed by atoms with Crippen LogP contribution < -0.4 is 0 Å². The van der Waals surface area contributed by atoms with E-state index in [1.807, 2.05) is 4.90 Å². The number of methoxy groups -OCH3 is 1. The summed E-state index contributed by atoms with van der Waals surface area (Å²) >= 11 is 0. The third-order valence-electron chi connectivity index (χ3n) is 2.37. The van der Waals surface area contributed by atoms with Crippen molar-refractivity contribution >= 4 is 5.91 Å². The summed E-state index contributed by atoms with van der Waals surface area (Å²) < 4.78 is 10.4. The maximum atomic E-state index is 11.5. The highest BCUT2D eigenvalue weighted by Crippen LogP contribution is 2.10. The van der Waals surface area contributed by atoms with Gasteiger partial charge in [0.15, 0.2) is 0 Å². The quantitative estimate of drug-likeness (QED) is 0.670. The van der Waals surface area contributed by atoms with Crippen molar-refractivity contribution < 1.29 is 14.3 Å². The summed E-state index contributed by atoms with van der Waals surface area (Å²) in [6.07, 6.45) is 2.34. The Morgan fingerprint density at radius 1 is 1.64 bits per heavy atom. The molecule has 0 aromatic rings. The molecule has 0 aromatic carbocycles. The van der Waals surface area contributed by atoms with Gasteiger partial charge in [0, 0.05) is 20.2 Å². The largest absolute Gasteiger partial charge is 0.375 e. The van der Waals surface area contributed by atoms with Crippen molar-refractivity contribution in [2.24, 2.45) is 0 Å². The standard InChI is InChI=1S/C10H19NO3/c1-3-4-9-7-11(5-6-14-9)10(12)8-13-2/h9H,3-8H2,1-2H3/t9-/m1/s1. The fourth-order valence-electron chi connectivity index (χ4n) is 1.66. The van der Waals surface area contributed by atoms with Crippen molar-refractivity contribution in [3.63, 3.8) is 0 Å². The first-order valence-electron chi connectivity index (χ1n) is 5.16. The minimum atomic E-state index is 0.0666. The Labute approximate surface area is 85.2 Å². The molecule has 1 aliphatic rings. The second kappa shape index (κ2) is 5.98. The number of carbonyl (C=O) groups is 1. The second-order valence-electron chi connectivity index (χ2n) is 3.55. The highest BCUT2D eigenvalue weighted by molar-refractivity contribution is 5.77. The topological polar surface area (TPSA) is 38.8 Å². The van der Waals surface area contributed by atoms with E-state index in [0.29, 0.717) is 13.2 Å². The zero-order valence-corrected chi connectivity index (χ0v) is 8.99. The predicted molar refractivity (Wildman–Crippen MR) is 53.1 cm³/mol. The van der Waals surface area contributed by atoms with Crippen LogP contribution in [0.25, 0.3) is 0 Å². The fourth-order valence-corrected chi connectivity index (χ4v) is 1.66. The van der Waals surface area contributed by atoms with Crippen molar-refractivity contribution in [1.82, 2.24) is 4.90 Å². The summed E-state index contributed by atoms with van der Waals surface area (Å²) in [7, 11) is 1.54. The van der Waals surface area contributed by atoms with Gasteiger partial charge in [-0.3, -0.25) is 4.79 Å². The Bertz CT molecular complexity index is 182. The van der Waals surface area contributed by atoms with E-state index in [0.717, 1.165) is 19.4 Å². The van der Waals surface area contributed by atoms with Gasteiger partial charge in [0.25, 0.3) is 0 Å². The molecule has 0 bridgehead atoms. The first-order valence-corrected chi connectivity index (χ1v) is 5.16. The van der Waals surface area contributed by atoms with Gasteiger partial charge in [0.05, 0.1) is 12.7 Å². The number of morpholine rings is 1. The number of rotatable bonds is 4. The molecule has 4 nitrogen and oxygen atoms in total. The Morgan fingerprint density at radius 3 is 3.07 bits per heavy atom. The zero-order valence-electron chi connectivity index (χ0n) is 8.99. The van der Waals surface area contributed by atoms with Gasteiger partial charge in [-0.2, -0.15) is 0 Å². The summed E-state index contributed by atoms with van der Waals surface area (Å²) in [5.74, 6) is 0.0666. The van der Waals surface area contributed by atoms with Crippen molar-refractivity contribution in [3.8, 4) is 0 Å². The third-order valence-corrected chi connectivity index (χ3v) is 2.37. The van der Waals surface area contributed by atoms with Gasteiger partial charge in [-0.15, -0.1) is 0 Å². The van der Waals surface area contributed by atoms with Crippen LogP contribution in [0.2, 0.25) is 0 Å². The van der Waals surface area contributed by atoms with Crippen LogP contribution in [0.3, 0.4) is 0 Å². The first-order chi connectivity index (χ1) is 6.77. The minimum absolute atomic E-state index is 0.0666. The summed E-state index contributed by atoms with van der Waals surface area (Å²) in [5, 5.41) is 0. The van der Waals surface area contributed by atoms with Crippen LogP contribution in [0.15, 0.2) is 0 Å². The van der Waals surface area contributed by atoms with Gasteiger partial charge in [-0.25, -0.2) is 0 Å². The maximum absolute atomic E-state index is 11.5. The Morgan fingerprint density at radius 2 is 2.43 bits per heavy atom. The predicted octanol–water partition coefficient (Wildman–Crippen LogP) is 0.660. The van der Waals surface area contributed by atoms with E-state index in [2.05, 4.69) is 6.92 Å². The molecule has 1 amide bonds. The molecule has 1 fully saturated rings. The molecule has 0 aliphatic carbocycles. The van der Waals surface area contributed by atoms with E-state index in [1.165, 1.54) is 0 Å². The summed E-state index contributed by atoms with van der Waals surface area (Å²) in [6.45, 7) is 4.37. The smallest absolute Gasteiger partial charge is 0.248 e. The molecule has 1 atom stereocenters. The van der Waals surface area contributed by atoms with Gasteiger partial charge in [0.2, 0.25) is 5.91 Å². The number of hydrogen-bond donors (Lipinski definition) is 0. The van der Waals surface area contributed by atoms with Gasteiger partial charge < -0.3 is 14.4 Å². The Balaban J connectivity index is 2.35. The molecule has 1 saturated heterocycles. The van der Waals surface area contributed by atoms with Crippen LogP contribution in [0, 0.1) is 0 Å². The lowest BCUT2D eigenvalue weighted by Gasteiger charge is -2.32. The van der Waals surface area contributed by atoms with E-state index in [-0.39, 0.29) is 18.6 Å². The molecule has 14 heavy (non-hydrogen) atoms. The molecule has 0 radical (unpaired) electrons. The van der Waals surface area contributed by atoms with Crippen molar-refractivity contribution in [2.75, 3.05) is 33.4 Å². The molecular weight excluding hydrogens is 182 g/mol. The number of amides is 1. The van der Waals surface area contributed by atoms with E-state index in [9.17, 15) is 4.79 Å². The van der Waals surface area contributed by atoms with E-state index in [4.69, 9.17) is 9.47 Å². The van der Waals surface area contributed by atoms with Crippen LogP contribution in [0.4, 0.5) is 0 Å². The average Bonchev–Trinajstić information content (AvgIpc) is 2.19. The van der Waals surface area contributed by atoms with Crippen molar-refractivity contribution in [1.29, 1.82) is 0 Å². The summed E-state index contributed by atoms with van der Waals surface area (Å²) in [6, 6.07) is 0. The lowest BCUT2D eigenvalue weighted by Crippen LogP contribution is -2.46. The van der Waals surface area contributed by atoms with Crippen LogP contribution in [-0.2, 0) is 14.3 Å². The van der Waals surface area contributed by atoms with E-state index >= 15 is 0 Å². The lowest BCUT2D eigenvalue weighted by atomic mass is 10.2. The van der Waals surface area contributed by atoms with Gasteiger partial charge in [-0.05, 0) is 6.42 Å². The molecule has 82 valence electrons. The molecule has 4 heteroatoms. The molecular formula is C10H19NO3. The molecule has 1 rings (SSSR count). The molecule has 0 saturated carbocycles. The SMILES string of the molecule is CCC[C@@H]1CN(C(=O)COC)CCO1. The zero-order chi connectivity index (χ0) is 10.4. The second-order valence-corrected chi connectivity index (χ2v) is 3.55. The molecule has 0 N–H and O–H groups in total. The summed E-state index contributed by atoms with van der Waals surface area (Å²) in [5.41, 5.74) is 0. The average molecular weight is 201 g/mol. The number of nitrogens with zero attached hydrogens (tertiary/aromatic N) is 1. The maximum Gasteiger partial charge on any atom is 0.248 e. The molecule has 1 heterocycles. The highest BCUT2D eigenvalue weighted by Gasteiger charge is 2.22. The number of ether oxygens (including phenoxy) is 2. The molecule has 0 unspecified atom stereocenters. The normalized spacial score (nSPS) is 22.4. The van der Waals surface area contributed by atoms with Crippen LogP contribution >= 0.6 is 0 Å². The van der Waals surface area contributed by atoms with Crippen LogP contribution in [-0.4, -0.2) is 50.3 Å². The Kier molecular flexibility index (Phi) is 4.90. The molecule has 1 aliphatic heterocycles. The van der Waals surface area contributed by atoms with Crippen molar-refractivity contribution in [2.45, 2.75) is 25.9 Å². The molecule has 0 spiro atoms. The first kappa shape index (κ1) is 11.5. The number of carbonyl (C=O) groups excluding carboxylic acids is 1. The van der Waals surface area contributed by atoms with Crippen LogP contribution in [0.1, 0.15) is 19.8 Å². The number of hydrogen-bond acceptors (Lipinski definition) is 3.